The smallest absolute Gasteiger partial charge is 0.407 e. The topological polar surface area (TPSA) is 144 Å². The van der Waals surface area contributed by atoms with Crippen LogP contribution in [-0.4, -0.2) is 63.9 Å². The first-order valence-corrected chi connectivity index (χ1v) is 12.2. The van der Waals surface area contributed by atoms with Gasteiger partial charge in [-0.15, -0.1) is 0 Å². The van der Waals surface area contributed by atoms with Crippen molar-refractivity contribution >= 4 is 12.0 Å². The summed E-state index contributed by atoms with van der Waals surface area (Å²) in [6.07, 6.45) is 5.83. The third kappa shape index (κ3) is 17.0. The lowest BCUT2D eigenvalue weighted by atomic mass is 10.1. The van der Waals surface area contributed by atoms with Crippen molar-refractivity contribution in [2.75, 3.05) is 45.8 Å². The highest BCUT2D eigenvalue weighted by Gasteiger charge is 2.12. The second-order valence-corrected chi connectivity index (χ2v) is 8.08. The van der Waals surface area contributed by atoms with E-state index in [1.165, 1.54) is 0 Å². The highest BCUT2D eigenvalue weighted by atomic mass is 16.5. The number of hydrogen-bond donors (Lipinski definition) is 6. The Hall–Kier alpha value is -2.20. The van der Waals surface area contributed by atoms with Gasteiger partial charge in [-0.25, -0.2) is 4.79 Å². The molecule has 33 heavy (non-hydrogen) atoms. The van der Waals surface area contributed by atoms with Gasteiger partial charge in [0.25, 0.3) is 0 Å². The molecule has 1 aromatic carbocycles. The summed E-state index contributed by atoms with van der Waals surface area (Å²) in [5, 5.41) is 12.4. The first-order valence-electron chi connectivity index (χ1n) is 12.2. The van der Waals surface area contributed by atoms with Crippen LogP contribution in [0.2, 0.25) is 0 Å². The maximum Gasteiger partial charge on any atom is 0.407 e. The van der Waals surface area contributed by atoms with Gasteiger partial charge in [-0.2, -0.15) is 0 Å². The molecule has 0 radical (unpaired) electrons. The summed E-state index contributed by atoms with van der Waals surface area (Å²) in [5.41, 5.74) is 12.4. The van der Waals surface area contributed by atoms with E-state index in [1.54, 1.807) is 0 Å². The van der Waals surface area contributed by atoms with E-state index in [9.17, 15) is 9.59 Å². The summed E-state index contributed by atoms with van der Waals surface area (Å²) < 4.78 is 5.15. The first kappa shape index (κ1) is 28.8. The van der Waals surface area contributed by atoms with E-state index in [0.717, 1.165) is 76.8 Å². The Bertz CT molecular complexity index is 617. The summed E-state index contributed by atoms with van der Waals surface area (Å²) in [4.78, 5) is 23.7. The number of nitrogens with two attached hydrogens (primary N) is 2. The Balaban J connectivity index is 1.88. The van der Waals surface area contributed by atoms with Crippen LogP contribution in [0.4, 0.5) is 4.79 Å². The molecule has 0 spiro atoms. The van der Waals surface area contributed by atoms with Crippen LogP contribution in [0.15, 0.2) is 30.3 Å². The van der Waals surface area contributed by atoms with Gasteiger partial charge in [-0.05, 0) is 83.2 Å². The van der Waals surface area contributed by atoms with Crippen LogP contribution in [-0.2, 0) is 16.1 Å². The molecule has 9 heteroatoms. The third-order valence-electron chi connectivity index (χ3n) is 5.11. The van der Waals surface area contributed by atoms with Gasteiger partial charge in [-0.3, -0.25) is 4.79 Å². The minimum absolute atomic E-state index is 0.117. The molecule has 1 atom stereocenters. The molecule has 0 bridgehead atoms. The molecule has 0 aliphatic carbocycles. The van der Waals surface area contributed by atoms with Crippen molar-refractivity contribution in [3.8, 4) is 0 Å². The second-order valence-electron chi connectivity index (χ2n) is 8.08. The van der Waals surface area contributed by atoms with Gasteiger partial charge in [-0.1, -0.05) is 30.3 Å². The van der Waals surface area contributed by atoms with Gasteiger partial charge in [0.1, 0.15) is 6.61 Å². The van der Waals surface area contributed by atoms with E-state index in [-0.39, 0.29) is 12.5 Å². The summed E-state index contributed by atoms with van der Waals surface area (Å²) in [6, 6.07) is 9.01. The first-order chi connectivity index (χ1) is 16.1. The van der Waals surface area contributed by atoms with Crippen molar-refractivity contribution in [3.63, 3.8) is 0 Å². The van der Waals surface area contributed by atoms with Crippen molar-refractivity contribution < 1.29 is 14.3 Å². The molecule has 0 aromatic heterocycles. The molecule has 1 aromatic rings. The van der Waals surface area contributed by atoms with Gasteiger partial charge >= 0.3 is 6.09 Å². The van der Waals surface area contributed by atoms with Crippen molar-refractivity contribution in [2.45, 2.75) is 57.6 Å². The largest absolute Gasteiger partial charge is 0.445 e. The summed E-state index contributed by atoms with van der Waals surface area (Å²) in [6.45, 7) is 5.99. The molecule has 0 aliphatic heterocycles. The number of carbonyl (C=O) groups is 2. The number of nitrogens with one attached hydrogen (secondary N) is 4. The average molecular weight is 465 g/mol. The highest BCUT2D eigenvalue weighted by molar-refractivity contribution is 5.81. The Labute approximate surface area is 198 Å². The lowest BCUT2D eigenvalue weighted by Crippen LogP contribution is -2.41. The van der Waals surface area contributed by atoms with Gasteiger partial charge < -0.3 is 37.5 Å². The van der Waals surface area contributed by atoms with Crippen molar-refractivity contribution in [3.05, 3.63) is 35.9 Å². The zero-order chi connectivity index (χ0) is 24.0. The lowest BCUT2D eigenvalue weighted by molar-refractivity contribution is -0.122. The second kappa shape index (κ2) is 20.4. The monoisotopic (exact) mass is 464 g/mol. The number of alkyl carbamates (subject to hydrolysis) is 1. The maximum absolute atomic E-state index is 12.1. The van der Waals surface area contributed by atoms with Crippen LogP contribution in [0.1, 0.15) is 50.5 Å². The maximum atomic E-state index is 12.1. The van der Waals surface area contributed by atoms with Crippen molar-refractivity contribution in [2.24, 2.45) is 11.5 Å². The molecule has 0 aliphatic rings. The molecule has 188 valence electrons. The Morgan fingerprint density at radius 2 is 1.39 bits per heavy atom. The number of benzene rings is 1. The fourth-order valence-electron chi connectivity index (χ4n) is 3.12. The average Bonchev–Trinajstić information content (AvgIpc) is 2.83. The zero-order valence-corrected chi connectivity index (χ0v) is 20.0. The van der Waals surface area contributed by atoms with Gasteiger partial charge in [0.15, 0.2) is 0 Å². The molecular weight excluding hydrogens is 420 g/mol. The number of hydrogen-bond acceptors (Lipinski definition) is 7. The summed E-state index contributed by atoms with van der Waals surface area (Å²) >= 11 is 0. The SMILES string of the molecule is NCCCNCCCCNCCCNC(=O)[C@@H](N)CCCCNC(=O)OCc1ccccc1. The van der Waals surface area contributed by atoms with E-state index >= 15 is 0 Å². The van der Waals surface area contributed by atoms with Crippen LogP contribution in [0.5, 0.6) is 0 Å². The predicted molar refractivity (Wildman–Crippen MR) is 133 cm³/mol. The van der Waals surface area contributed by atoms with Crippen molar-refractivity contribution in [1.82, 2.24) is 21.3 Å². The molecule has 9 nitrogen and oxygen atoms in total. The van der Waals surface area contributed by atoms with E-state index in [2.05, 4.69) is 21.3 Å². The Kier molecular flexibility index (Phi) is 17.8. The zero-order valence-electron chi connectivity index (χ0n) is 20.0. The van der Waals surface area contributed by atoms with Crippen LogP contribution in [0.25, 0.3) is 0 Å². The summed E-state index contributed by atoms with van der Waals surface area (Å²) in [7, 11) is 0. The number of amides is 2. The normalized spacial score (nSPS) is 11.7. The van der Waals surface area contributed by atoms with Crippen LogP contribution < -0.4 is 32.7 Å². The number of unbranched alkanes of at least 4 members (excludes halogenated alkanes) is 2. The molecule has 0 fully saturated rings. The van der Waals surface area contributed by atoms with E-state index < -0.39 is 12.1 Å². The van der Waals surface area contributed by atoms with Gasteiger partial charge in [0, 0.05) is 13.1 Å². The number of carbonyl (C=O) groups excluding carboxylic acids is 2. The predicted octanol–water partition coefficient (Wildman–Crippen LogP) is 1.22. The molecule has 2 amide bonds. The summed E-state index contributed by atoms with van der Waals surface area (Å²) in [5.74, 6) is -0.117. The molecule has 8 N–H and O–H groups in total. The minimum Gasteiger partial charge on any atom is -0.445 e. The number of ether oxygens (including phenoxy) is 1. The number of rotatable bonds is 20. The Morgan fingerprint density at radius 3 is 2.09 bits per heavy atom. The fraction of sp³-hybridized carbons (Fsp3) is 0.667. The molecule has 0 unspecified atom stereocenters. The van der Waals surface area contributed by atoms with Gasteiger partial charge in [0.2, 0.25) is 5.91 Å². The fourth-order valence-corrected chi connectivity index (χ4v) is 3.12. The van der Waals surface area contributed by atoms with E-state index in [4.69, 9.17) is 16.2 Å². The molecular formula is C24H44N6O3. The van der Waals surface area contributed by atoms with Gasteiger partial charge in [0.05, 0.1) is 6.04 Å². The van der Waals surface area contributed by atoms with E-state index in [1.807, 2.05) is 30.3 Å². The van der Waals surface area contributed by atoms with Crippen LogP contribution >= 0.6 is 0 Å². The van der Waals surface area contributed by atoms with E-state index in [0.29, 0.717) is 19.5 Å². The third-order valence-corrected chi connectivity index (χ3v) is 5.11. The minimum atomic E-state index is -0.519. The lowest BCUT2D eigenvalue weighted by Gasteiger charge is -2.12. The molecule has 0 saturated carbocycles. The van der Waals surface area contributed by atoms with Crippen LogP contribution in [0, 0.1) is 0 Å². The van der Waals surface area contributed by atoms with Crippen molar-refractivity contribution in [1.29, 1.82) is 0 Å². The standard InChI is InChI=1S/C24H44N6O3/c25-13-8-16-27-14-6-7-15-28-17-9-19-29-23(31)22(26)12-4-5-18-30-24(32)33-20-21-10-2-1-3-11-21/h1-3,10-11,22,27-28H,4-9,12-20,25-26H2,(H,29,31)(H,30,32)/t22-/m0/s1. The molecule has 0 heterocycles. The van der Waals surface area contributed by atoms with Crippen LogP contribution in [0.3, 0.4) is 0 Å². The Morgan fingerprint density at radius 1 is 0.788 bits per heavy atom. The molecule has 0 saturated heterocycles. The molecule has 1 rings (SSSR count). The highest BCUT2D eigenvalue weighted by Crippen LogP contribution is 2.01. The quantitative estimate of drug-likeness (QED) is 0.159.